The molecule has 0 amide bonds. The zero-order valence-corrected chi connectivity index (χ0v) is 9.78. The maximum Gasteiger partial charge on any atom is 0.123 e. The van der Waals surface area contributed by atoms with Gasteiger partial charge in [0, 0.05) is 12.0 Å². The molecule has 0 saturated heterocycles. The van der Waals surface area contributed by atoms with Crippen molar-refractivity contribution in [3.05, 3.63) is 65.0 Å². The van der Waals surface area contributed by atoms with E-state index in [1.165, 1.54) is 23.8 Å². The molecule has 0 aliphatic rings. The van der Waals surface area contributed by atoms with Crippen LogP contribution in [0.2, 0.25) is 0 Å². The third-order valence-corrected chi connectivity index (χ3v) is 2.87. The molecule has 0 unspecified atom stereocenters. The molecule has 0 bridgehead atoms. The summed E-state index contributed by atoms with van der Waals surface area (Å²) >= 11 is 0. The number of phenolic OH excluding ortho intramolecular Hbond substituents is 1. The zero-order chi connectivity index (χ0) is 12.3. The Morgan fingerprint density at radius 3 is 2.29 bits per heavy atom. The normalized spacial score (nSPS) is 10.5. The number of hydrogen-bond acceptors (Lipinski definition) is 1. The lowest BCUT2D eigenvalue weighted by Crippen LogP contribution is -1.91. The first-order chi connectivity index (χ1) is 8.19. The molecular formula is C15H15FO. The van der Waals surface area contributed by atoms with Crippen molar-refractivity contribution >= 4 is 0 Å². The van der Waals surface area contributed by atoms with Crippen molar-refractivity contribution in [3.8, 4) is 5.75 Å². The van der Waals surface area contributed by atoms with Crippen molar-refractivity contribution in [1.82, 2.24) is 0 Å². The van der Waals surface area contributed by atoms with Gasteiger partial charge in [-0.15, -0.1) is 0 Å². The van der Waals surface area contributed by atoms with Gasteiger partial charge < -0.3 is 5.11 Å². The minimum Gasteiger partial charge on any atom is -0.508 e. The molecule has 2 aromatic rings. The first kappa shape index (κ1) is 11.6. The lowest BCUT2D eigenvalue weighted by Gasteiger charge is -2.06. The Kier molecular flexibility index (Phi) is 3.43. The molecule has 0 saturated carbocycles. The van der Waals surface area contributed by atoms with E-state index >= 15 is 0 Å². The highest BCUT2D eigenvalue weighted by atomic mass is 19.1. The summed E-state index contributed by atoms with van der Waals surface area (Å²) in [5.74, 6) is -0.172. The van der Waals surface area contributed by atoms with Crippen molar-refractivity contribution in [3.63, 3.8) is 0 Å². The summed E-state index contributed by atoms with van der Waals surface area (Å²) in [6.07, 6.45) is 1.55. The fourth-order valence-corrected chi connectivity index (χ4v) is 1.81. The van der Waals surface area contributed by atoms with Crippen LogP contribution in [-0.4, -0.2) is 5.11 Å². The van der Waals surface area contributed by atoms with Crippen LogP contribution >= 0.6 is 0 Å². The van der Waals surface area contributed by atoms with Crippen molar-refractivity contribution in [2.24, 2.45) is 0 Å². The molecule has 0 fully saturated rings. The third-order valence-electron chi connectivity index (χ3n) is 2.87. The van der Waals surface area contributed by atoms with Gasteiger partial charge in [-0.05, 0) is 35.7 Å². The fraction of sp³-hybridized carbons (Fsp3) is 0.200. The number of hydrogen-bond donors (Lipinski definition) is 1. The van der Waals surface area contributed by atoms with E-state index in [2.05, 4.69) is 19.1 Å². The number of phenols is 1. The molecule has 17 heavy (non-hydrogen) atoms. The molecule has 0 atom stereocenters. The average molecular weight is 230 g/mol. The second-order valence-electron chi connectivity index (χ2n) is 4.12. The Morgan fingerprint density at radius 1 is 1.00 bits per heavy atom. The van der Waals surface area contributed by atoms with E-state index in [1.807, 2.05) is 12.1 Å². The topological polar surface area (TPSA) is 20.2 Å². The van der Waals surface area contributed by atoms with Crippen LogP contribution in [0.5, 0.6) is 5.75 Å². The molecule has 0 aliphatic heterocycles. The minimum atomic E-state index is -0.317. The monoisotopic (exact) mass is 230 g/mol. The number of benzene rings is 2. The summed E-state index contributed by atoms with van der Waals surface area (Å²) in [6.45, 7) is 2.10. The standard InChI is InChI=1S/C15H15FO/c1-2-11-3-5-12(6-4-11)9-13-10-14(16)7-8-15(13)17/h3-8,10,17H,2,9H2,1H3. The van der Waals surface area contributed by atoms with Gasteiger partial charge in [0.05, 0.1) is 0 Å². The van der Waals surface area contributed by atoms with E-state index in [4.69, 9.17) is 0 Å². The lowest BCUT2D eigenvalue weighted by atomic mass is 10.0. The van der Waals surface area contributed by atoms with Crippen LogP contribution in [0.4, 0.5) is 4.39 Å². The lowest BCUT2D eigenvalue weighted by molar-refractivity contribution is 0.467. The van der Waals surface area contributed by atoms with Crippen LogP contribution in [0.3, 0.4) is 0 Å². The highest BCUT2D eigenvalue weighted by molar-refractivity contribution is 5.37. The summed E-state index contributed by atoms with van der Waals surface area (Å²) in [5, 5.41) is 9.63. The van der Waals surface area contributed by atoms with Crippen molar-refractivity contribution in [2.75, 3.05) is 0 Å². The molecule has 0 heterocycles. The Morgan fingerprint density at radius 2 is 1.65 bits per heavy atom. The first-order valence-electron chi connectivity index (χ1n) is 5.74. The van der Waals surface area contributed by atoms with Gasteiger partial charge in [-0.1, -0.05) is 31.2 Å². The Hall–Kier alpha value is -1.83. The predicted molar refractivity (Wildman–Crippen MR) is 66.7 cm³/mol. The Balaban J connectivity index is 2.22. The highest BCUT2D eigenvalue weighted by Gasteiger charge is 2.04. The molecule has 2 rings (SSSR count). The van der Waals surface area contributed by atoms with Crippen LogP contribution in [0, 0.1) is 5.82 Å². The van der Waals surface area contributed by atoms with Gasteiger partial charge in [0.25, 0.3) is 0 Å². The molecule has 1 nitrogen and oxygen atoms in total. The highest BCUT2D eigenvalue weighted by Crippen LogP contribution is 2.21. The van der Waals surface area contributed by atoms with E-state index in [-0.39, 0.29) is 11.6 Å². The molecule has 0 radical (unpaired) electrons. The largest absolute Gasteiger partial charge is 0.508 e. The SMILES string of the molecule is CCc1ccc(Cc2cc(F)ccc2O)cc1. The Labute approximate surface area is 101 Å². The number of rotatable bonds is 3. The fourth-order valence-electron chi connectivity index (χ4n) is 1.81. The second kappa shape index (κ2) is 5.00. The molecule has 0 aromatic heterocycles. The smallest absolute Gasteiger partial charge is 0.123 e. The second-order valence-corrected chi connectivity index (χ2v) is 4.12. The summed E-state index contributed by atoms with van der Waals surface area (Å²) in [4.78, 5) is 0. The molecule has 88 valence electrons. The summed E-state index contributed by atoms with van der Waals surface area (Å²) in [6, 6.07) is 12.2. The van der Waals surface area contributed by atoms with Gasteiger partial charge >= 0.3 is 0 Å². The van der Waals surface area contributed by atoms with Crippen LogP contribution in [0.25, 0.3) is 0 Å². The minimum absolute atomic E-state index is 0.144. The molecule has 0 aliphatic carbocycles. The number of aryl methyl sites for hydroxylation is 1. The van der Waals surface area contributed by atoms with Gasteiger partial charge in [0.15, 0.2) is 0 Å². The van der Waals surface area contributed by atoms with Gasteiger partial charge in [0.1, 0.15) is 11.6 Å². The van der Waals surface area contributed by atoms with Crippen molar-refractivity contribution < 1.29 is 9.50 Å². The summed E-state index contributed by atoms with van der Waals surface area (Å²) < 4.78 is 13.1. The van der Waals surface area contributed by atoms with Gasteiger partial charge in [-0.3, -0.25) is 0 Å². The molecule has 1 N–H and O–H groups in total. The first-order valence-corrected chi connectivity index (χ1v) is 5.74. The maximum atomic E-state index is 13.1. The quantitative estimate of drug-likeness (QED) is 0.852. The van der Waals surface area contributed by atoms with Gasteiger partial charge in [-0.2, -0.15) is 0 Å². The van der Waals surface area contributed by atoms with Crippen LogP contribution < -0.4 is 0 Å². The predicted octanol–water partition coefficient (Wildman–Crippen LogP) is 3.68. The summed E-state index contributed by atoms with van der Waals surface area (Å²) in [5.41, 5.74) is 2.97. The van der Waals surface area contributed by atoms with Crippen LogP contribution in [-0.2, 0) is 12.8 Å². The van der Waals surface area contributed by atoms with Crippen LogP contribution in [0.15, 0.2) is 42.5 Å². The third kappa shape index (κ3) is 2.84. The van der Waals surface area contributed by atoms with Gasteiger partial charge in [-0.25, -0.2) is 4.39 Å². The van der Waals surface area contributed by atoms with E-state index in [1.54, 1.807) is 0 Å². The van der Waals surface area contributed by atoms with E-state index in [9.17, 15) is 9.50 Å². The van der Waals surface area contributed by atoms with Gasteiger partial charge in [0.2, 0.25) is 0 Å². The molecular weight excluding hydrogens is 215 g/mol. The zero-order valence-electron chi connectivity index (χ0n) is 9.78. The van der Waals surface area contributed by atoms with Crippen molar-refractivity contribution in [1.29, 1.82) is 0 Å². The molecule has 2 heteroatoms. The van der Waals surface area contributed by atoms with Crippen molar-refractivity contribution in [2.45, 2.75) is 19.8 Å². The summed E-state index contributed by atoms with van der Waals surface area (Å²) in [7, 11) is 0. The van der Waals surface area contributed by atoms with Crippen LogP contribution in [0.1, 0.15) is 23.6 Å². The van der Waals surface area contributed by atoms with E-state index < -0.39 is 0 Å². The van der Waals surface area contributed by atoms with E-state index in [0.717, 1.165) is 12.0 Å². The number of halogens is 1. The Bertz CT molecular complexity index is 503. The maximum absolute atomic E-state index is 13.1. The molecule has 0 spiro atoms. The molecule has 2 aromatic carbocycles. The average Bonchev–Trinajstić information content (AvgIpc) is 2.35. The number of aromatic hydroxyl groups is 1. The van der Waals surface area contributed by atoms with E-state index in [0.29, 0.717) is 12.0 Å².